The zero-order valence-electron chi connectivity index (χ0n) is 11.5. The Hall–Kier alpha value is -2.18. The SMILES string of the molecule is CCCC(CC(=O)O)NC(=O)c1ccc(OC(F)F)cc1. The fraction of sp³-hybridized carbons (Fsp3) is 0.429. The third kappa shape index (κ3) is 6.20. The predicted octanol–water partition coefficient (Wildman–Crippen LogP) is 2.66. The highest BCUT2D eigenvalue weighted by Gasteiger charge is 2.16. The highest BCUT2D eigenvalue weighted by atomic mass is 19.3. The number of carboxylic acid groups (broad SMARTS) is 1. The number of aliphatic carboxylic acids is 1. The van der Waals surface area contributed by atoms with E-state index >= 15 is 0 Å². The van der Waals surface area contributed by atoms with E-state index in [2.05, 4.69) is 10.1 Å². The topological polar surface area (TPSA) is 75.6 Å². The van der Waals surface area contributed by atoms with Crippen LogP contribution in [0.4, 0.5) is 8.78 Å². The van der Waals surface area contributed by atoms with E-state index in [1.807, 2.05) is 6.92 Å². The Bertz CT molecular complexity index is 476. The summed E-state index contributed by atoms with van der Waals surface area (Å²) < 4.78 is 28.2. The molecule has 0 aliphatic carbocycles. The van der Waals surface area contributed by atoms with Crippen LogP contribution in [0.25, 0.3) is 0 Å². The first kappa shape index (κ1) is 16.9. The van der Waals surface area contributed by atoms with Crippen LogP contribution in [0.3, 0.4) is 0 Å². The van der Waals surface area contributed by atoms with Gasteiger partial charge in [-0.1, -0.05) is 13.3 Å². The molecule has 1 atom stereocenters. The lowest BCUT2D eigenvalue weighted by Gasteiger charge is -2.16. The summed E-state index contributed by atoms with van der Waals surface area (Å²) in [4.78, 5) is 22.7. The van der Waals surface area contributed by atoms with E-state index in [0.717, 1.165) is 6.42 Å². The number of rotatable bonds is 8. The highest BCUT2D eigenvalue weighted by molar-refractivity contribution is 5.94. The van der Waals surface area contributed by atoms with Gasteiger partial charge in [0, 0.05) is 11.6 Å². The number of benzene rings is 1. The molecule has 2 N–H and O–H groups in total. The van der Waals surface area contributed by atoms with Crippen LogP contribution >= 0.6 is 0 Å². The fourth-order valence-electron chi connectivity index (χ4n) is 1.84. The summed E-state index contributed by atoms with van der Waals surface area (Å²) >= 11 is 0. The van der Waals surface area contributed by atoms with E-state index in [1.165, 1.54) is 24.3 Å². The number of ether oxygens (including phenoxy) is 1. The zero-order chi connectivity index (χ0) is 15.8. The molecule has 0 fully saturated rings. The monoisotopic (exact) mass is 301 g/mol. The van der Waals surface area contributed by atoms with Crippen molar-refractivity contribution in [3.63, 3.8) is 0 Å². The smallest absolute Gasteiger partial charge is 0.387 e. The summed E-state index contributed by atoms with van der Waals surface area (Å²) in [6.45, 7) is -1.04. The van der Waals surface area contributed by atoms with Crippen LogP contribution in [0.1, 0.15) is 36.5 Å². The number of nitrogens with one attached hydrogen (secondary N) is 1. The third-order valence-corrected chi connectivity index (χ3v) is 2.74. The number of carboxylic acids is 1. The van der Waals surface area contributed by atoms with E-state index < -0.39 is 24.5 Å². The van der Waals surface area contributed by atoms with Gasteiger partial charge < -0.3 is 15.2 Å². The summed E-state index contributed by atoms with van der Waals surface area (Å²) in [6, 6.07) is 4.74. The molecule has 5 nitrogen and oxygen atoms in total. The van der Waals surface area contributed by atoms with Gasteiger partial charge in [0.1, 0.15) is 5.75 Å². The van der Waals surface area contributed by atoms with Crippen LogP contribution in [0.2, 0.25) is 0 Å². The Morgan fingerprint density at radius 2 is 1.90 bits per heavy atom. The molecule has 1 aromatic carbocycles. The Kier molecular flexibility index (Phi) is 6.58. The molecule has 1 rings (SSSR count). The lowest BCUT2D eigenvalue weighted by atomic mass is 10.1. The molecule has 1 amide bonds. The highest BCUT2D eigenvalue weighted by Crippen LogP contribution is 2.15. The maximum Gasteiger partial charge on any atom is 0.387 e. The fourth-order valence-corrected chi connectivity index (χ4v) is 1.84. The molecule has 0 aliphatic rings. The molecule has 0 saturated heterocycles. The van der Waals surface area contributed by atoms with Crippen molar-refractivity contribution in [3.05, 3.63) is 29.8 Å². The van der Waals surface area contributed by atoms with Gasteiger partial charge in [0.2, 0.25) is 0 Å². The van der Waals surface area contributed by atoms with Gasteiger partial charge in [0.25, 0.3) is 5.91 Å². The summed E-state index contributed by atoms with van der Waals surface area (Å²) in [5, 5.41) is 11.4. The van der Waals surface area contributed by atoms with Crippen molar-refractivity contribution in [2.24, 2.45) is 0 Å². The average molecular weight is 301 g/mol. The zero-order valence-corrected chi connectivity index (χ0v) is 11.5. The first-order chi connectivity index (χ1) is 9.92. The number of halogens is 2. The Labute approximate surface area is 120 Å². The molecule has 0 spiro atoms. The van der Waals surface area contributed by atoms with Crippen molar-refractivity contribution >= 4 is 11.9 Å². The normalized spacial score (nSPS) is 12.0. The Morgan fingerprint density at radius 1 is 1.29 bits per heavy atom. The second-order valence-electron chi connectivity index (χ2n) is 4.46. The van der Waals surface area contributed by atoms with Crippen LogP contribution in [0.5, 0.6) is 5.75 Å². The molecule has 0 aromatic heterocycles. The van der Waals surface area contributed by atoms with Crippen molar-refractivity contribution in [1.82, 2.24) is 5.32 Å². The van der Waals surface area contributed by atoms with Gasteiger partial charge >= 0.3 is 12.6 Å². The van der Waals surface area contributed by atoms with E-state index in [1.54, 1.807) is 0 Å². The standard InChI is InChI=1S/C14H17F2NO4/c1-2-3-10(8-12(18)19)17-13(20)9-4-6-11(7-5-9)21-14(15)16/h4-7,10,14H,2-3,8H2,1H3,(H,17,20)(H,18,19). The first-order valence-corrected chi connectivity index (χ1v) is 6.50. The third-order valence-electron chi connectivity index (χ3n) is 2.74. The predicted molar refractivity (Wildman–Crippen MR) is 71.5 cm³/mol. The Morgan fingerprint density at radius 3 is 2.38 bits per heavy atom. The van der Waals surface area contributed by atoms with E-state index in [0.29, 0.717) is 6.42 Å². The summed E-state index contributed by atoms with van der Waals surface area (Å²) in [5.74, 6) is -1.48. The summed E-state index contributed by atoms with van der Waals surface area (Å²) in [6.07, 6.45) is 1.12. The van der Waals surface area contributed by atoms with Crippen LogP contribution in [0.15, 0.2) is 24.3 Å². The molecule has 1 unspecified atom stereocenters. The van der Waals surface area contributed by atoms with Gasteiger partial charge in [0.15, 0.2) is 0 Å². The molecule has 7 heteroatoms. The summed E-state index contributed by atoms with van der Waals surface area (Å²) in [7, 11) is 0. The number of carbonyl (C=O) groups excluding carboxylic acids is 1. The molecule has 1 aromatic rings. The minimum atomic E-state index is -2.92. The van der Waals surface area contributed by atoms with Gasteiger partial charge in [0.05, 0.1) is 6.42 Å². The average Bonchev–Trinajstić information content (AvgIpc) is 2.38. The maximum atomic E-state index is 12.0. The molecule has 0 bridgehead atoms. The van der Waals surface area contributed by atoms with Crippen molar-refractivity contribution in [1.29, 1.82) is 0 Å². The molecule has 21 heavy (non-hydrogen) atoms. The lowest BCUT2D eigenvalue weighted by molar-refractivity contribution is -0.137. The number of carbonyl (C=O) groups is 2. The lowest BCUT2D eigenvalue weighted by Crippen LogP contribution is -2.36. The van der Waals surface area contributed by atoms with Crippen LogP contribution in [0, 0.1) is 0 Å². The van der Waals surface area contributed by atoms with Crippen molar-refractivity contribution in [2.75, 3.05) is 0 Å². The van der Waals surface area contributed by atoms with Crippen molar-refractivity contribution in [2.45, 2.75) is 38.8 Å². The minimum absolute atomic E-state index is 0.0443. The number of alkyl halides is 2. The first-order valence-electron chi connectivity index (χ1n) is 6.50. The second kappa shape index (κ2) is 8.18. The van der Waals surface area contributed by atoms with Crippen molar-refractivity contribution < 1.29 is 28.2 Å². The number of hydrogen-bond acceptors (Lipinski definition) is 3. The van der Waals surface area contributed by atoms with Gasteiger partial charge in [-0.05, 0) is 30.7 Å². The summed E-state index contributed by atoms with van der Waals surface area (Å²) in [5.41, 5.74) is 0.253. The molecule has 0 aliphatic heterocycles. The van der Waals surface area contributed by atoms with Crippen LogP contribution < -0.4 is 10.1 Å². The van der Waals surface area contributed by atoms with E-state index in [9.17, 15) is 18.4 Å². The maximum absolute atomic E-state index is 12.0. The molecular formula is C14H17F2NO4. The van der Waals surface area contributed by atoms with Crippen molar-refractivity contribution in [3.8, 4) is 5.75 Å². The van der Waals surface area contributed by atoms with Gasteiger partial charge in [-0.15, -0.1) is 0 Å². The Balaban J connectivity index is 2.66. The second-order valence-corrected chi connectivity index (χ2v) is 4.46. The van der Waals surface area contributed by atoms with Gasteiger partial charge in [-0.25, -0.2) is 0 Å². The van der Waals surface area contributed by atoms with Gasteiger partial charge in [-0.3, -0.25) is 9.59 Å². The molecule has 0 saturated carbocycles. The minimum Gasteiger partial charge on any atom is -0.481 e. The van der Waals surface area contributed by atoms with Crippen LogP contribution in [-0.4, -0.2) is 29.6 Å². The van der Waals surface area contributed by atoms with E-state index in [4.69, 9.17) is 5.11 Å². The number of hydrogen-bond donors (Lipinski definition) is 2. The molecule has 0 heterocycles. The largest absolute Gasteiger partial charge is 0.481 e. The molecular weight excluding hydrogens is 284 g/mol. The van der Waals surface area contributed by atoms with Crippen LogP contribution in [-0.2, 0) is 4.79 Å². The molecule has 0 radical (unpaired) electrons. The molecule has 116 valence electrons. The quantitative estimate of drug-likeness (QED) is 0.774. The van der Waals surface area contributed by atoms with Gasteiger partial charge in [-0.2, -0.15) is 8.78 Å². The van der Waals surface area contributed by atoms with E-state index in [-0.39, 0.29) is 17.7 Å². The number of amides is 1.